The van der Waals surface area contributed by atoms with Crippen molar-refractivity contribution in [2.45, 2.75) is 58.3 Å². The van der Waals surface area contributed by atoms with Gasteiger partial charge in [0.15, 0.2) is 6.10 Å². The Morgan fingerprint density at radius 1 is 1.00 bits per heavy atom. The summed E-state index contributed by atoms with van der Waals surface area (Å²) in [6.07, 6.45) is -1.30. The summed E-state index contributed by atoms with van der Waals surface area (Å²) in [5.41, 5.74) is 0. The maximum absolute atomic E-state index is 11.9. The number of benzene rings is 2. The van der Waals surface area contributed by atoms with Crippen molar-refractivity contribution >= 4 is 24.7 Å². The first-order valence-corrected chi connectivity index (χ1v) is 11.8. The van der Waals surface area contributed by atoms with E-state index in [0.29, 0.717) is 0 Å². The van der Waals surface area contributed by atoms with E-state index in [-0.39, 0.29) is 24.2 Å². The van der Waals surface area contributed by atoms with Crippen LogP contribution in [-0.4, -0.2) is 38.2 Å². The zero-order valence-electron chi connectivity index (χ0n) is 17.5. The second kappa shape index (κ2) is 9.50. The molecule has 5 heteroatoms. The van der Waals surface area contributed by atoms with Gasteiger partial charge in [0.2, 0.25) is 0 Å². The minimum atomic E-state index is -2.70. The summed E-state index contributed by atoms with van der Waals surface area (Å²) >= 11 is 0. The van der Waals surface area contributed by atoms with Crippen LogP contribution in [0.4, 0.5) is 0 Å². The van der Waals surface area contributed by atoms with Crippen molar-refractivity contribution in [1.82, 2.24) is 0 Å². The smallest absolute Gasteiger partial charge is 0.335 e. The number of carbonyl (C=O) groups is 1. The zero-order chi connectivity index (χ0) is 20.8. The highest BCUT2D eigenvalue weighted by molar-refractivity contribution is 6.99. The number of aliphatic hydroxyl groups excluding tert-OH is 1. The molecule has 0 aromatic heterocycles. The number of rotatable bonds is 8. The van der Waals surface area contributed by atoms with Crippen molar-refractivity contribution in [3.05, 3.63) is 60.7 Å². The molecular weight excluding hydrogens is 368 g/mol. The van der Waals surface area contributed by atoms with Crippen LogP contribution in [0.15, 0.2) is 60.7 Å². The molecule has 2 aromatic rings. The average Bonchev–Trinajstić information content (AvgIpc) is 2.66. The van der Waals surface area contributed by atoms with Crippen LogP contribution in [0, 0.1) is 0 Å². The highest BCUT2D eigenvalue weighted by Gasteiger charge is 2.51. The van der Waals surface area contributed by atoms with Crippen LogP contribution in [-0.2, 0) is 14.0 Å². The fourth-order valence-electron chi connectivity index (χ4n) is 3.69. The Labute approximate surface area is 169 Å². The van der Waals surface area contributed by atoms with Crippen LogP contribution >= 0.6 is 0 Å². The second-order valence-electron chi connectivity index (χ2n) is 8.10. The summed E-state index contributed by atoms with van der Waals surface area (Å²) in [7, 11) is -2.70. The second-order valence-corrected chi connectivity index (χ2v) is 12.3. The topological polar surface area (TPSA) is 55.8 Å². The Balaban J connectivity index is 2.45. The third-order valence-electron chi connectivity index (χ3n) is 4.91. The lowest BCUT2D eigenvalue weighted by Gasteiger charge is -2.44. The van der Waals surface area contributed by atoms with Gasteiger partial charge in [-0.1, -0.05) is 81.4 Å². The summed E-state index contributed by atoms with van der Waals surface area (Å²) < 4.78 is 11.8. The van der Waals surface area contributed by atoms with Gasteiger partial charge in [-0.2, -0.15) is 0 Å². The molecule has 0 spiro atoms. The van der Waals surface area contributed by atoms with E-state index in [2.05, 4.69) is 45.0 Å². The van der Waals surface area contributed by atoms with E-state index in [0.717, 1.165) is 0 Å². The van der Waals surface area contributed by atoms with Gasteiger partial charge in [0, 0.05) is 12.5 Å². The molecule has 0 aliphatic heterocycles. The fourth-order valence-corrected chi connectivity index (χ4v) is 8.40. The first-order chi connectivity index (χ1) is 13.2. The van der Waals surface area contributed by atoms with Crippen LogP contribution in [0.25, 0.3) is 0 Å². The predicted octanol–water partition coefficient (Wildman–Crippen LogP) is 3.27. The standard InChI is InChI=1S/C23H32O4Si/c1-6-26-22(25)21(24)17-18(2)27-28(23(3,4)5,19-13-9-7-10-14-19)20-15-11-8-12-16-20/h7-16,18,21,24H,6,17H2,1-5H3/t18-,21-/m1/s1. The maximum atomic E-state index is 11.9. The Hall–Kier alpha value is -1.95. The van der Waals surface area contributed by atoms with E-state index in [9.17, 15) is 9.90 Å². The van der Waals surface area contributed by atoms with E-state index >= 15 is 0 Å². The summed E-state index contributed by atoms with van der Waals surface area (Å²) in [5.74, 6) is -0.597. The fraction of sp³-hybridized carbons (Fsp3) is 0.435. The van der Waals surface area contributed by atoms with Crippen molar-refractivity contribution in [1.29, 1.82) is 0 Å². The number of hydrogen-bond donors (Lipinski definition) is 1. The van der Waals surface area contributed by atoms with E-state index in [1.54, 1.807) is 6.92 Å². The van der Waals surface area contributed by atoms with Crippen molar-refractivity contribution < 1.29 is 19.1 Å². The highest BCUT2D eigenvalue weighted by atomic mass is 28.4. The molecule has 0 radical (unpaired) electrons. The third-order valence-corrected chi connectivity index (χ3v) is 10.1. The Kier molecular flexibility index (Phi) is 7.58. The summed E-state index contributed by atoms with van der Waals surface area (Å²) in [6, 6.07) is 20.6. The van der Waals surface area contributed by atoms with E-state index in [4.69, 9.17) is 9.16 Å². The summed E-state index contributed by atoms with van der Waals surface area (Å²) in [6.45, 7) is 10.5. The molecule has 2 rings (SSSR count). The van der Waals surface area contributed by atoms with Gasteiger partial charge in [-0.3, -0.25) is 0 Å². The third kappa shape index (κ3) is 4.90. The van der Waals surface area contributed by atoms with Gasteiger partial charge >= 0.3 is 5.97 Å². The quantitative estimate of drug-likeness (QED) is 0.546. The molecule has 0 bridgehead atoms. The number of hydrogen-bond acceptors (Lipinski definition) is 4. The monoisotopic (exact) mass is 400 g/mol. The molecule has 0 aliphatic rings. The van der Waals surface area contributed by atoms with Crippen molar-refractivity contribution in [2.24, 2.45) is 0 Å². The molecule has 0 saturated carbocycles. The molecule has 0 unspecified atom stereocenters. The molecule has 28 heavy (non-hydrogen) atoms. The van der Waals surface area contributed by atoms with E-state index in [1.165, 1.54) is 10.4 Å². The van der Waals surface area contributed by atoms with Gasteiger partial charge in [-0.05, 0) is 29.3 Å². The lowest BCUT2D eigenvalue weighted by Crippen LogP contribution is -2.67. The molecule has 4 nitrogen and oxygen atoms in total. The van der Waals surface area contributed by atoms with Gasteiger partial charge < -0.3 is 14.3 Å². The molecule has 152 valence electrons. The van der Waals surface area contributed by atoms with Crippen LogP contribution < -0.4 is 10.4 Å². The minimum Gasteiger partial charge on any atom is -0.464 e. The van der Waals surface area contributed by atoms with Crippen LogP contribution in [0.5, 0.6) is 0 Å². The van der Waals surface area contributed by atoms with E-state index in [1.807, 2.05) is 43.3 Å². The van der Waals surface area contributed by atoms with Crippen LogP contribution in [0.2, 0.25) is 5.04 Å². The van der Waals surface area contributed by atoms with Gasteiger partial charge in [0.05, 0.1) is 6.61 Å². The van der Waals surface area contributed by atoms with E-state index < -0.39 is 20.4 Å². The summed E-state index contributed by atoms with van der Waals surface area (Å²) in [5, 5.41) is 12.4. The molecule has 0 heterocycles. The lowest BCUT2D eigenvalue weighted by atomic mass is 10.2. The molecule has 2 aromatic carbocycles. The van der Waals surface area contributed by atoms with Crippen LogP contribution in [0.3, 0.4) is 0 Å². The first kappa shape index (κ1) is 22.3. The number of carbonyl (C=O) groups excluding carboxylic acids is 1. The number of ether oxygens (including phenoxy) is 1. The Bertz CT molecular complexity index is 701. The Morgan fingerprint density at radius 3 is 1.86 bits per heavy atom. The van der Waals surface area contributed by atoms with Crippen molar-refractivity contribution in [3.8, 4) is 0 Å². The number of aliphatic hydroxyl groups is 1. The molecule has 2 atom stereocenters. The number of esters is 1. The van der Waals surface area contributed by atoms with Crippen LogP contribution in [0.1, 0.15) is 41.0 Å². The molecule has 1 N–H and O–H groups in total. The van der Waals surface area contributed by atoms with Gasteiger partial charge in [0.25, 0.3) is 8.32 Å². The van der Waals surface area contributed by atoms with Gasteiger partial charge in [-0.15, -0.1) is 0 Å². The molecule has 0 aliphatic carbocycles. The Morgan fingerprint density at radius 2 is 1.46 bits per heavy atom. The minimum absolute atomic E-state index is 0.154. The highest BCUT2D eigenvalue weighted by Crippen LogP contribution is 2.37. The van der Waals surface area contributed by atoms with Gasteiger partial charge in [-0.25, -0.2) is 4.79 Å². The molecular formula is C23H32O4Si. The van der Waals surface area contributed by atoms with Crippen molar-refractivity contribution in [3.63, 3.8) is 0 Å². The molecule has 0 fully saturated rings. The maximum Gasteiger partial charge on any atom is 0.335 e. The predicted molar refractivity (Wildman–Crippen MR) is 115 cm³/mol. The molecule has 0 amide bonds. The van der Waals surface area contributed by atoms with Gasteiger partial charge in [0.1, 0.15) is 0 Å². The normalized spacial score (nSPS) is 14.4. The van der Waals surface area contributed by atoms with Crippen molar-refractivity contribution in [2.75, 3.05) is 6.61 Å². The molecule has 0 saturated heterocycles. The zero-order valence-corrected chi connectivity index (χ0v) is 18.5. The lowest BCUT2D eigenvalue weighted by molar-refractivity contribution is -0.154. The average molecular weight is 401 g/mol. The SMILES string of the molecule is CCOC(=O)[C@H](O)C[C@@H](C)O[Si](c1ccccc1)(c1ccccc1)C(C)(C)C. The first-order valence-electron chi connectivity index (χ1n) is 9.86. The summed E-state index contributed by atoms with van der Waals surface area (Å²) in [4.78, 5) is 11.9. The largest absolute Gasteiger partial charge is 0.464 e.